The molecule has 3 aromatic rings. The number of halogens is 3. The van der Waals surface area contributed by atoms with Crippen LogP contribution >= 0.6 is 0 Å². The van der Waals surface area contributed by atoms with Crippen LogP contribution in [0.2, 0.25) is 0 Å². The van der Waals surface area contributed by atoms with Crippen LogP contribution in [-0.4, -0.2) is 30.8 Å². The second-order valence-corrected chi connectivity index (χ2v) is 5.73. The molecule has 1 atom stereocenters. The molecule has 0 aromatic carbocycles. The lowest BCUT2D eigenvalue weighted by Crippen LogP contribution is -2.28. The van der Waals surface area contributed by atoms with Gasteiger partial charge in [0.1, 0.15) is 23.5 Å². The third kappa shape index (κ3) is 3.83. The van der Waals surface area contributed by atoms with E-state index in [1.165, 1.54) is 26.2 Å². The first-order chi connectivity index (χ1) is 13.2. The van der Waals surface area contributed by atoms with Crippen LogP contribution in [0.1, 0.15) is 40.7 Å². The van der Waals surface area contributed by atoms with Crippen molar-refractivity contribution in [3.8, 4) is 17.5 Å². The fourth-order valence-electron chi connectivity index (χ4n) is 2.31. The Morgan fingerprint density at radius 2 is 2.14 bits per heavy atom. The lowest BCUT2D eigenvalue weighted by atomic mass is 10.2. The van der Waals surface area contributed by atoms with Crippen LogP contribution in [-0.2, 0) is 13.2 Å². The van der Waals surface area contributed by atoms with Gasteiger partial charge in [-0.1, -0.05) is 5.16 Å². The predicted octanol–water partition coefficient (Wildman–Crippen LogP) is 2.25. The van der Waals surface area contributed by atoms with Gasteiger partial charge in [-0.05, 0) is 19.1 Å². The van der Waals surface area contributed by atoms with Crippen molar-refractivity contribution in [3.63, 3.8) is 0 Å². The molecule has 28 heavy (non-hydrogen) atoms. The number of carbonyl (C=O) groups is 1. The number of nitriles is 1. The van der Waals surface area contributed by atoms with E-state index in [0.717, 1.165) is 4.68 Å². The molecule has 0 saturated carbocycles. The van der Waals surface area contributed by atoms with Crippen molar-refractivity contribution in [2.75, 3.05) is 0 Å². The van der Waals surface area contributed by atoms with Crippen LogP contribution in [0.15, 0.2) is 28.9 Å². The highest BCUT2D eigenvalue weighted by atomic mass is 19.4. The number of aromatic nitrogens is 5. The molecular weight excluding hydrogens is 379 g/mol. The predicted molar refractivity (Wildman–Crippen MR) is 86.3 cm³/mol. The average molecular weight is 391 g/mol. The first kappa shape index (κ1) is 19.0. The molecule has 12 heteroatoms. The van der Waals surface area contributed by atoms with Crippen molar-refractivity contribution in [2.45, 2.75) is 19.1 Å². The fraction of sp³-hybridized carbons (Fsp3) is 0.250. The van der Waals surface area contributed by atoms with E-state index >= 15 is 0 Å². The number of aryl methyl sites for hydroxylation is 1. The van der Waals surface area contributed by atoms with E-state index in [0.29, 0.717) is 11.6 Å². The zero-order valence-corrected chi connectivity index (χ0v) is 14.5. The molecule has 0 radical (unpaired) electrons. The number of carbonyl (C=O) groups excluding carboxylic acids is 1. The monoisotopic (exact) mass is 391 g/mol. The normalized spacial score (nSPS) is 12.4. The van der Waals surface area contributed by atoms with Gasteiger partial charge in [0.25, 0.3) is 5.91 Å². The molecule has 9 nitrogen and oxygen atoms in total. The van der Waals surface area contributed by atoms with Gasteiger partial charge in [0.2, 0.25) is 11.7 Å². The van der Waals surface area contributed by atoms with Crippen molar-refractivity contribution >= 4 is 5.91 Å². The number of hydrogen-bond donors (Lipinski definition) is 1. The second-order valence-electron chi connectivity index (χ2n) is 5.73. The summed E-state index contributed by atoms with van der Waals surface area (Å²) in [6.07, 6.45) is -3.24. The Labute approximate surface area is 155 Å². The zero-order valence-electron chi connectivity index (χ0n) is 14.5. The van der Waals surface area contributed by atoms with E-state index in [9.17, 15) is 18.0 Å². The standard InChI is InChI=1S/C16H12F3N7O2/c1-8(22-14(27)11-6-12(16(17,18)19)24-26(11)2)15-23-13(25-28-15)9-3-4-21-10(5-9)7-20/h3-6,8H,1-2H3,(H,22,27). The van der Waals surface area contributed by atoms with Crippen molar-refractivity contribution in [2.24, 2.45) is 7.05 Å². The molecule has 0 bridgehead atoms. The van der Waals surface area contributed by atoms with E-state index in [1.807, 2.05) is 6.07 Å². The quantitative estimate of drug-likeness (QED) is 0.724. The van der Waals surface area contributed by atoms with Crippen LogP contribution in [0.25, 0.3) is 11.4 Å². The Morgan fingerprint density at radius 1 is 1.39 bits per heavy atom. The summed E-state index contributed by atoms with van der Waals surface area (Å²) >= 11 is 0. The number of hydrogen-bond acceptors (Lipinski definition) is 7. The fourth-order valence-corrected chi connectivity index (χ4v) is 2.31. The Morgan fingerprint density at radius 3 is 2.79 bits per heavy atom. The van der Waals surface area contributed by atoms with Crippen LogP contribution in [0.4, 0.5) is 13.2 Å². The number of rotatable bonds is 4. The van der Waals surface area contributed by atoms with Crippen LogP contribution in [0.5, 0.6) is 0 Å². The number of nitrogens with one attached hydrogen (secondary N) is 1. The number of nitrogens with zero attached hydrogens (tertiary/aromatic N) is 6. The molecule has 144 valence electrons. The molecule has 0 aliphatic heterocycles. The molecule has 0 aliphatic carbocycles. The Balaban J connectivity index is 1.76. The van der Waals surface area contributed by atoms with Crippen molar-refractivity contribution in [3.05, 3.63) is 47.4 Å². The number of pyridine rings is 1. The molecule has 0 aliphatic rings. The summed E-state index contributed by atoms with van der Waals surface area (Å²) in [5.74, 6) is -0.569. The Bertz CT molecular complexity index is 1060. The first-order valence-electron chi connectivity index (χ1n) is 7.81. The molecule has 3 heterocycles. The SMILES string of the molecule is CC(NC(=O)c1cc(C(F)(F)F)nn1C)c1nc(-c2ccnc(C#N)c2)no1. The van der Waals surface area contributed by atoms with Gasteiger partial charge in [0.15, 0.2) is 5.69 Å². The molecule has 1 unspecified atom stereocenters. The van der Waals surface area contributed by atoms with Crippen LogP contribution in [0.3, 0.4) is 0 Å². The van der Waals surface area contributed by atoms with Gasteiger partial charge in [-0.3, -0.25) is 9.48 Å². The molecule has 0 saturated heterocycles. The Kier molecular flexibility index (Phi) is 4.83. The van der Waals surface area contributed by atoms with E-state index in [-0.39, 0.29) is 23.1 Å². The molecule has 1 N–H and O–H groups in total. The summed E-state index contributed by atoms with van der Waals surface area (Å²) in [5, 5.41) is 18.4. The molecule has 3 rings (SSSR count). The van der Waals surface area contributed by atoms with Gasteiger partial charge in [0.05, 0.1) is 0 Å². The highest BCUT2D eigenvalue weighted by molar-refractivity contribution is 5.92. The zero-order chi connectivity index (χ0) is 20.5. The largest absolute Gasteiger partial charge is 0.435 e. The molecular formula is C16H12F3N7O2. The van der Waals surface area contributed by atoms with E-state index < -0.39 is 23.8 Å². The molecule has 0 fully saturated rings. The summed E-state index contributed by atoms with van der Waals surface area (Å²) in [7, 11) is 1.23. The van der Waals surface area contributed by atoms with Gasteiger partial charge >= 0.3 is 6.18 Å². The van der Waals surface area contributed by atoms with Gasteiger partial charge in [-0.15, -0.1) is 0 Å². The summed E-state index contributed by atoms with van der Waals surface area (Å²) < 4.78 is 44.1. The average Bonchev–Trinajstić information content (AvgIpc) is 3.28. The maximum Gasteiger partial charge on any atom is 0.435 e. The van der Waals surface area contributed by atoms with Gasteiger partial charge in [-0.25, -0.2) is 4.98 Å². The summed E-state index contributed by atoms with van der Waals surface area (Å²) in [6.45, 7) is 1.53. The van der Waals surface area contributed by atoms with Gasteiger partial charge < -0.3 is 9.84 Å². The topological polar surface area (TPSA) is 123 Å². The number of amides is 1. The lowest BCUT2D eigenvalue weighted by Gasteiger charge is -2.09. The van der Waals surface area contributed by atoms with E-state index in [1.54, 1.807) is 6.07 Å². The molecule has 0 spiro atoms. The summed E-state index contributed by atoms with van der Waals surface area (Å²) in [6, 6.07) is 4.80. The third-order valence-electron chi connectivity index (χ3n) is 3.70. The molecule has 1 amide bonds. The highest BCUT2D eigenvalue weighted by Gasteiger charge is 2.35. The van der Waals surface area contributed by atoms with Crippen molar-refractivity contribution < 1.29 is 22.5 Å². The van der Waals surface area contributed by atoms with Crippen molar-refractivity contribution in [1.82, 2.24) is 30.2 Å². The van der Waals surface area contributed by atoms with Crippen LogP contribution in [0, 0.1) is 11.3 Å². The maximum atomic E-state index is 12.7. The second kappa shape index (κ2) is 7.10. The Hall–Kier alpha value is -3.75. The smallest absolute Gasteiger partial charge is 0.339 e. The van der Waals surface area contributed by atoms with Crippen LogP contribution < -0.4 is 5.32 Å². The minimum atomic E-state index is -4.66. The summed E-state index contributed by atoms with van der Waals surface area (Å²) in [5.41, 5.74) is -0.783. The van der Waals surface area contributed by atoms with E-state index in [4.69, 9.17) is 9.78 Å². The first-order valence-corrected chi connectivity index (χ1v) is 7.81. The minimum absolute atomic E-state index is 0.0388. The number of alkyl halides is 3. The lowest BCUT2D eigenvalue weighted by molar-refractivity contribution is -0.141. The molecule has 3 aromatic heterocycles. The highest BCUT2D eigenvalue weighted by Crippen LogP contribution is 2.28. The summed E-state index contributed by atoms with van der Waals surface area (Å²) in [4.78, 5) is 20.2. The third-order valence-corrected chi connectivity index (χ3v) is 3.70. The van der Waals surface area contributed by atoms with E-state index in [2.05, 4.69) is 25.5 Å². The maximum absolute atomic E-state index is 12.7. The van der Waals surface area contributed by atoms with Gasteiger partial charge in [0, 0.05) is 24.9 Å². The van der Waals surface area contributed by atoms with Crippen molar-refractivity contribution in [1.29, 1.82) is 5.26 Å². The minimum Gasteiger partial charge on any atom is -0.339 e. The van der Waals surface area contributed by atoms with Gasteiger partial charge in [-0.2, -0.15) is 28.5 Å².